The number of carbonyl (C=O) groups is 2. The molecule has 1 aliphatic rings. The Hall–Kier alpha value is -1.83. The molecule has 0 aromatic carbocycles. The molecule has 96 valence electrons. The minimum absolute atomic E-state index is 0.121. The zero-order chi connectivity index (χ0) is 13.1. The molecule has 0 radical (unpaired) electrons. The van der Waals surface area contributed by atoms with Crippen LogP contribution in [0.2, 0.25) is 0 Å². The van der Waals surface area contributed by atoms with Crippen LogP contribution < -0.4 is 11.1 Å². The lowest BCUT2D eigenvalue weighted by atomic mass is 10.4. The minimum atomic E-state index is -0.342. The number of imide groups is 1. The SMILES string of the molecule is Cc1cc(N)nc(SCC(=O)N2CCNC2=O)n1. The van der Waals surface area contributed by atoms with E-state index in [1.165, 1.54) is 16.7 Å². The van der Waals surface area contributed by atoms with Gasteiger partial charge in [-0.2, -0.15) is 0 Å². The lowest BCUT2D eigenvalue weighted by Gasteiger charge is -2.11. The van der Waals surface area contributed by atoms with Crippen LogP contribution in [0, 0.1) is 6.92 Å². The molecule has 18 heavy (non-hydrogen) atoms. The first-order valence-corrected chi connectivity index (χ1v) is 6.37. The Bertz CT molecular complexity index is 473. The summed E-state index contributed by atoms with van der Waals surface area (Å²) in [4.78, 5) is 32.4. The molecular formula is C10H13N5O2S. The standard InChI is InChI=1S/C10H13N5O2S/c1-6-4-7(11)14-9(13-6)18-5-8(16)15-3-2-12-10(15)17/h4H,2-3,5H2,1H3,(H,12,17)(H2,11,13,14). The number of urea groups is 1. The Morgan fingerprint density at radius 2 is 2.39 bits per heavy atom. The Balaban J connectivity index is 1.95. The summed E-state index contributed by atoms with van der Waals surface area (Å²) in [7, 11) is 0. The van der Waals surface area contributed by atoms with Gasteiger partial charge in [-0.05, 0) is 6.92 Å². The number of nitrogens with two attached hydrogens (primary N) is 1. The highest BCUT2D eigenvalue weighted by atomic mass is 32.2. The number of thioether (sulfide) groups is 1. The molecule has 1 aromatic heterocycles. The van der Waals surface area contributed by atoms with Crippen molar-refractivity contribution in [3.63, 3.8) is 0 Å². The molecule has 2 heterocycles. The summed E-state index contributed by atoms with van der Waals surface area (Å²) in [6, 6.07) is 1.31. The van der Waals surface area contributed by atoms with Gasteiger partial charge in [-0.1, -0.05) is 11.8 Å². The summed E-state index contributed by atoms with van der Waals surface area (Å²) >= 11 is 1.17. The van der Waals surface area contributed by atoms with E-state index in [9.17, 15) is 9.59 Å². The van der Waals surface area contributed by atoms with Crippen LogP contribution in [0.4, 0.5) is 10.6 Å². The van der Waals surface area contributed by atoms with Gasteiger partial charge in [0.05, 0.1) is 5.75 Å². The van der Waals surface area contributed by atoms with Gasteiger partial charge in [-0.15, -0.1) is 0 Å². The highest BCUT2D eigenvalue weighted by Gasteiger charge is 2.25. The largest absolute Gasteiger partial charge is 0.384 e. The number of aryl methyl sites for hydroxylation is 1. The Labute approximate surface area is 108 Å². The third-order valence-electron chi connectivity index (χ3n) is 2.34. The van der Waals surface area contributed by atoms with E-state index >= 15 is 0 Å². The number of nitrogens with zero attached hydrogens (tertiary/aromatic N) is 3. The molecule has 1 saturated heterocycles. The summed E-state index contributed by atoms with van der Waals surface area (Å²) in [5, 5.41) is 3.02. The summed E-state index contributed by atoms with van der Waals surface area (Å²) < 4.78 is 0. The van der Waals surface area contributed by atoms with Gasteiger partial charge in [0.2, 0.25) is 5.91 Å². The van der Waals surface area contributed by atoms with Crippen molar-refractivity contribution in [3.05, 3.63) is 11.8 Å². The van der Waals surface area contributed by atoms with Gasteiger partial charge in [0.25, 0.3) is 0 Å². The third kappa shape index (κ3) is 2.89. The molecular weight excluding hydrogens is 254 g/mol. The fraction of sp³-hybridized carbons (Fsp3) is 0.400. The monoisotopic (exact) mass is 267 g/mol. The van der Waals surface area contributed by atoms with Crippen LogP contribution >= 0.6 is 11.8 Å². The van der Waals surface area contributed by atoms with Crippen molar-refractivity contribution in [1.29, 1.82) is 0 Å². The number of carbonyl (C=O) groups excluding carboxylic acids is 2. The second-order valence-electron chi connectivity index (χ2n) is 3.78. The third-order valence-corrected chi connectivity index (χ3v) is 3.17. The van der Waals surface area contributed by atoms with E-state index in [0.29, 0.717) is 24.1 Å². The van der Waals surface area contributed by atoms with E-state index in [1.807, 2.05) is 0 Å². The van der Waals surface area contributed by atoms with Crippen LogP contribution in [0.15, 0.2) is 11.2 Å². The van der Waals surface area contributed by atoms with Crippen molar-refractivity contribution in [1.82, 2.24) is 20.2 Å². The second kappa shape index (κ2) is 5.21. The molecule has 8 heteroatoms. The van der Waals surface area contributed by atoms with E-state index in [0.717, 1.165) is 5.69 Å². The van der Waals surface area contributed by atoms with Crippen molar-refractivity contribution in [2.24, 2.45) is 0 Å². The molecule has 1 aliphatic heterocycles. The van der Waals surface area contributed by atoms with Gasteiger partial charge in [0, 0.05) is 24.8 Å². The van der Waals surface area contributed by atoms with Gasteiger partial charge in [-0.3, -0.25) is 9.69 Å². The number of rotatable bonds is 3. The van der Waals surface area contributed by atoms with E-state index in [-0.39, 0.29) is 17.7 Å². The van der Waals surface area contributed by atoms with E-state index in [2.05, 4.69) is 15.3 Å². The van der Waals surface area contributed by atoms with E-state index < -0.39 is 0 Å². The van der Waals surface area contributed by atoms with Crippen molar-refractivity contribution < 1.29 is 9.59 Å². The molecule has 2 rings (SSSR count). The highest BCUT2D eigenvalue weighted by molar-refractivity contribution is 7.99. The summed E-state index contributed by atoms with van der Waals surface area (Å²) in [6.45, 7) is 2.72. The summed E-state index contributed by atoms with van der Waals surface area (Å²) in [5.74, 6) is 0.242. The van der Waals surface area contributed by atoms with Crippen molar-refractivity contribution in [3.8, 4) is 0 Å². The normalized spacial score (nSPS) is 14.7. The first kappa shape index (κ1) is 12.6. The number of hydrogen-bond acceptors (Lipinski definition) is 6. The average Bonchev–Trinajstić information content (AvgIpc) is 2.71. The second-order valence-corrected chi connectivity index (χ2v) is 4.73. The Morgan fingerprint density at radius 1 is 1.61 bits per heavy atom. The summed E-state index contributed by atoms with van der Waals surface area (Å²) in [6.07, 6.45) is 0. The summed E-state index contributed by atoms with van der Waals surface area (Å²) in [5.41, 5.74) is 6.33. The molecule has 3 amide bonds. The molecule has 0 bridgehead atoms. The number of nitrogen functional groups attached to an aromatic ring is 1. The molecule has 1 fully saturated rings. The van der Waals surface area contributed by atoms with E-state index in [4.69, 9.17) is 5.73 Å². The maximum absolute atomic E-state index is 11.8. The number of amides is 3. The molecule has 7 nitrogen and oxygen atoms in total. The smallest absolute Gasteiger partial charge is 0.324 e. The van der Waals surface area contributed by atoms with Crippen molar-refractivity contribution in [2.45, 2.75) is 12.1 Å². The van der Waals surface area contributed by atoms with Crippen LogP contribution in [-0.2, 0) is 4.79 Å². The number of aromatic nitrogens is 2. The zero-order valence-corrected chi connectivity index (χ0v) is 10.7. The minimum Gasteiger partial charge on any atom is -0.384 e. The first-order chi connectivity index (χ1) is 8.56. The van der Waals surface area contributed by atoms with E-state index in [1.54, 1.807) is 13.0 Å². The van der Waals surface area contributed by atoms with Gasteiger partial charge in [-0.25, -0.2) is 14.8 Å². The highest BCUT2D eigenvalue weighted by Crippen LogP contribution is 2.16. The van der Waals surface area contributed by atoms with Gasteiger partial charge < -0.3 is 11.1 Å². The molecule has 0 saturated carbocycles. The molecule has 0 aliphatic carbocycles. The van der Waals surface area contributed by atoms with Crippen molar-refractivity contribution in [2.75, 3.05) is 24.6 Å². The molecule has 3 N–H and O–H groups in total. The number of anilines is 1. The number of hydrogen-bond donors (Lipinski definition) is 2. The maximum atomic E-state index is 11.8. The number of nitrogens with one attached hydrogen (secondary N) is 1. The average molecular weight is 267 g/mol. The van der Waals surface area contributed by atoms with Crippen molar-refractivity contribution >= 4 is 29.5 Å². The van der Waals surface area contributed by atoms with Crippen LogP contribution in [0.1, 0.15) is 5.69 Å². The van der Waals surface area contributed by atoms with Gasteiger partial charge in [0.1, 0.15) is 5.82 Å². The molecule has 0 spiro atoms. The van der Waals surface area contributed by atoms with Gasteiger partial charge in [0.15, 0.2) is 5.16 Å². The zero-order valence-electron chi connectivity index (χ0n) is 9.84. The van der Waals surface area contributed by atoms with Gasteiger partial charge >= 0.3 is 6.03 Å². The lowest BCUT2D eigenvalue weighted by molar-refractivity contribution is -0.124. The van der Waals surface area contributed by atoms with Crippen LogP contribution in [-0.4, -0.2) is 45.6 Å². The first-order valence-electron chi connectivity index (χ1n) is 5.38. The Morgan fingerprint density at radius 3 is 3.00 bits per heavy atom. The molecule has 0 unspecified atom stereocenters. The molecule has 0 atom stereocenters. The Kier molecular flexibility index (Phi) is 3.66. The predicted molar refractivity (Wildman–Crippen MR) is 67.0 cm³/mol. The maximum Gasteiger partial charge on any atom is 0.324 e. The lowest BCUT2D eigenvalue weighted by Crippen LogP contribution is -2.35. The fourth-order valence-corrected chi connectivity index (χ4v) is 2.33. The predicted octanol–water partition coefficient (Wildman–Crippen LogP) is 0.0111. The fourth-order valence-electron chi connectivity index (χ4n) is 1.54. The molecule has 1 aromatic rings. The van der Waals surface area contributed by atoms with Crippen LogP contribution in [0.3, 0.4) is 0 Å². The topological polar surface area (TPSA) is 101 Å². The van der Waals surface area contributed by atoms with Crippen LogP contribution in [0.25, 0.3) is 0 Å². The van der Waals surface area contributed by atoms with Crippen LogP contribution in [0.5, 0.6) is 0 Å². The quantitative estimate of drug-likeness (QED) is 0.591.